The Balaban J connectivity index is 2.31. The van der Waals surface area contributed by atoms with Gasteiger partial charge in [-0.1, -0.05) is 28.9 Å². The lowest BCUT2D eigenvalue weighted by Crippen LogP contribution is -2.37. The number of oxime groups is 1. The number of hydrogen-bond donors (Lipinski definition) is 1. The van der Waals surface area contributed by atoms with Gasteiger partial charge < -0.3 is 10.2 Å². The maximum Gasteiger partial charge on any atom is 0.266 e. The quantitative estimate of drug-likeness (QED) is 0.756. The predicted molar refractivity (Wildman–Crippen MR) is 52.1 cm³/mol. The molecule has 1 aromatic rings. The minimum absolute atomic E-state index is 0.0376. The monoisotopic (exact) mass is 210 g/mol. The molecule has 0 aromatic heterocycles. The lowest BCUT2D eigenvalue weighted by atomic mass is 10.2. The van der Waals surface area contributed by atoms with Crippen LogP contribution in [-0.2, 0) is 9.63 Å². The summed E-state index contributed by atoms with van der Waals surface area (Å²) in [4.78, 5) is 15.7. The van der Waals surface area contributed by atoms with Crippen LogP contribution in [0.2, 0.25) is 5.02 Å². The van der Waals surface area contributed by atoms with Crippen molar-refractivity contribution >= 4 is 23.3 Å². The first kappa shape index (κ1) is 9.02. The largest absolute Gasteiger partial charge is 0.384 e. The predicted octanol–water partition coefficient (Wildman–Crippen LogP) is 1.15. The zero-order valence-corrected chi connectivity index (χ0v) is 7.91. The van der Waals surface area contributed by atoms with Crippen molar-refractivity contribution < 1.29 is 9.63 Å². The Morgan fingerprint density at radius 2 is 2.36 bits per heavy atom. The minimum Gasteiger partial charge on any atom is -0.384 e. The topological polar surface area (TPSA) is 50.7 Å². The second-order valence-electron chi connectivity index (χ2n) is 2.77. The standard InChI is InChI=1S/C9H7ClN2O2/c10-7-3-1-2-6(4-7)9-11-8(13)5-14-12-9/h1-4H,5H2,(H,11,12,13). The van der Waals surface area contributed by atoms with Crippen molar-refractivity contribution in [3.63, 3.8) is 0 Å². The summed E-state index contributed by atoms with van der Waals surface area (Å²) in [6, 6.07) is 7.02. The molecule has 0 radical (unpaired) electrons. The van der Waals surface area contributed by atoms with Gasteiger partial charge >= 0.3 is 0 Å². The molecular weight excluding hydrogens is 204 g/mol. The van der Waals surface area contributed by atoms with Crippen LogP contribution in [0.3, 0.4) is 0 Å². The molecular formula is C9H7ClN2O2. The summed E-state index contributed by atoms with van der Waals surface area (Å²) < 4.78 is 0. The first-order valence-corrected chi connectivity index (χ1v) is 4.39. The van der Waals surface area contributed by atoms with E-state index < -0.39 is 0 Å². The van der Waals surface area contributed by atoms with Gasteiger partial charge in [0.05, 0.1) is 0 Å². The number of halogens is 1. The molecule has 14 heavy (non-hydrogen) atoms. The molecule has 1 aromatic carbocycles. The zero-order chi connectivity index (χ0) is 9.97. The molecule has 0 spiro atoms. The van der Waals surface area contributed by atoms with Gasteiger partial charge in [0.2, 0.25) is 0 Å². The van der Waals surface area contributed by atoms with E-state index in [9.17, 15) is 4.79 Å². The van der Waals surface area contributed by atoms with Crippen LogP contribution in [0.4, 0.5) is 0 Å². The molecule has 2 rings (SSSR count). The highest BCUT2D eigenvalue weighted by Gasteiger charge is 2.14. The summed E-state index contributed by atoms with van der Waals surface area (Å²) >= 11 is 5.79. The van der Waals surface area contributed by atoms with Gasteiger partial charge in [0.15, 0.2) is 12.4 Å². The van der Waals surface area contributed by atoms with Crippen molar-refractivity contribution in [1.82, 2.24) is 5.32 Å². The van der Waals surface area contributed by atoms with Crippen LogP contribution < -0.4 is 5.32 Å². The molecule has 4 nitrogen and oxygen atoms in total. The Morgan fingerprint density at radius 1 is 1.50 bits per heavy atom. The molecule has 1 aliphatic heterocycles. The maximum absolute atomic E-state index is 11.0. The number of amides is 1. The molecule has 72 valence electrons. The van der Waals surface area contributed by atoms with Crippen molar-refractivity contribution in [2.24, 2.45) is 5.16 Å². The SMILES string of the molecule is O=C1CON=C(c2cccc(Cl)c2)N1. The highest BCUT2D eigenvalue weighted by Crippen LogP contribution is 2.11. The Kier molecular flexibility index (Phi) is 2.37. The molecule has 0 saturated carbocycles. The van der Waals surface area contributed by atoms with E-state index in [1.807, 2.05) is 0 Å². The van der Waals surface area contributed by atoms with Crippen LogP contribution in [0.1, 0.15) is 5.56 Å². The Labute approximate surface area is 85.5 Å². The molecule has 0 aliphatic carbocycles. The van der Waals surface area contributed by atoms with Crippen molar-refractivity contribution in [1.29, 1.82) is 0 Å². The van der Waals surface area contributed by atoms with Crippen LogP contribution in [0.15, 0.2) is 29.4 Å². The molecule has 1 amide bonds. The normalized spacial score (nSPS) is 15.5. The van der Waals surface area contributed by atoms with Gasteiger partial charge in [-0.15, -0.1) is 0 Å². The number of rotatable bonds is 1. The summed E-state index contributed by atoms with van der Waals surface area (Å²) in [7, 11) is 0. The van der Waals surface area contributed by atoms with E-state index in [4.69, 9.17) is 16.4 Å². The van der Waals surface area contributed by atoms with Crippen molar-refractivity contribution in [3.8, 4) is 0 Å². The molecule has 0 fully saturated rings. The van der Waals surface area contributed by atoms with Gasteiger partial charge in [0, 0.05) is 10.6 Å². The molecule has 0 saturated heterocycles. The molecule has 1 N–H and O–H groups in total. The Bertz CT molecular complexity index is 404. The van der Waals surface area contributed by atoms with Gasteiger partial charge in [-0.3, -0.25) is 4.79 Å². The molecule has 0 atom stereocenters. The number of carbonyl (C=O) groups is 1. The van der Waals surface area contributed by atoms with Crippen LogP contribution in [0, 0.1) is 0 Å². The summed E-state index contributed by atoms with van der Waals surface area (Å²) in [5, 5.41) is 6.89. The number of hydrogen-bond acceptors (Lipinski definition) is 3. The van der Waals surface area contributed by atoms with Crippen LogP contribution in [0.5, 0.6) is 0 Å². The van der Waals surface area contributed by atoms with Crippen LogP contribution >= 0.6 is 11.6 Å². The van der Waals surface area contributed by atoms with Gasteiger partial charge in [0.1, 0.15) is 0 Å². The second-order valence-corrected chi connectivity index (χ2v) is 3.21. The summed E-state index contributed by atoms with van der Waals surface area (Å²) in [6.45, 7) is -0.0376. The van der Waals surface area contributed by atoms with E-state index in [0.29, 0.717) is 10.9 Å². The number of carbonyl (C=O) groups excluding carboxylic acids is 1. The highest BCUT2D eigenvalue weighted by atomic mass is 35.5. The molecule has 5 heteroatoms. The lowest BCUT2D eigenvalue weighted by molar-refractivity contribution is -0.125. The highest BCUT2D eigenvalue weighted by molar-refractivity contribution is 6.31. The molecule has 1 aliphatic rings. The van der Waals surface area contributed by atoms with E-state index in [1.54, 1.807) is 24.3 Å². The van der Waals surface area contributed by atoms with E-state index in [1.165, 1.54) is 0 Å². The summed E-state index contributed by atoms with van der Waals surface area (Å²) in [6.07, 6.45) is 0. The van der Waals surface area contributed by atoms with Crippen molar-refractivity contribution in [2.45, 2.75) is 0 Å². The number of amidine groups is 1. The van der Waals surface area contributed by atoms with Gasteiger partial charge in [-0.2, -0.15) is 0 Å². The van der Waals surface area contributed by atoms with Gasteiger partial charge in [-0.05, 0) is 12.1 Å². The molecule has 1 heterocycles. The van der Waals surface area contributed by atoms with Crippen molar-refractivity contribution in [3.05, 3.63) is 34.9 Å². The van der Waals surface area contributed by atoms with Crippen LogP contribution in [-0.4, -0.2) is 18.3 Å². The molecule has 0 unspecified atom stereocenters. The van der Waals surface area contributed by atoms with E-state index in [2.05, 4.69) is 10.5 Å². The third-order valence-corrected chi connectivity index (χ3v) is 1.94. The smallest absolute Gasteiger partial charge is 0.266 e. The average Bonchev–Trinajstić information content (AvgIpc) is 2.18. The van der Waals surface area contributed by atoms with Crippen molar-refractivity contribution in [2.75, 3.05) is 6.61 Å². The number of benzene rings is 1. The third kappa shape index (κ3) is 1.85. The first-order valence-electron chi connectivity index (χ1n) is 4.01. The maximum atomic E-state index is 11.0. The Hall–Kier alpha value is -1.55. The minimum atomic E-state index is -0.213. The third-order valence-electron chi connectivity index (χ3n) is 1.71. The second kappa shape index (κ2) is 3.67. The van der Waals surface area contributed by atoms with Gasteiger partial charge in [-0.25, -0.2) is 0 Å². The van der Waals surface area contributed by atoms with E-state index in [-0.39, 0.29) is 12.5 Å². The fourth-order valence-electron chi connectivity index (χ4n) is 1.11. The van der Waals surface area contributed by atoms with Crippen LogP contribution in [0.25, 0.3) is 0 Å². The lowest BCUT2D eigenvalue weighted by Gasteiger charge is -2.12. The summed E-state index contributed by atoms with van der Waals surface area (Å²) in [5.74, 6) is 0.179. The zero-order valence-electron chi connectivity index (χ0n) is 7.16. The number of nitrogens with one attached hydrogen (secondary N) is 1. The first-order chi connectivity index (χ1) is 6.75. The van der Waals surface area contributed by atoms with E-state index in [0.717, 1.165) is 5.56 Å². The fraction of sp³-hybridized carbons (Fsp3) is 0.111. The average molecular weight is 211 g/mol. The Morgan fingerprint density at radius 3 is 3.07 bits per heavy atom. The fourth-order valence-corrected chi connectivity index (χ4v) is 1.30. The summed E-state index contributed by atoms with van der Waals surface area (Å²) in [5.41, 5.74) is 0.727. The van der Waals surface area contributed by atoms with E-state index >= 15 is 0 Å². The van der Waals surface area contributed by atoms with Gasteiger partial charge in [0.25, 0.3) is 5.91 Å². The number of nitrogens with zero attached hydrogens (tertiary/aromatic N) is 1. The molecule has 0 bridgehead atoms.